The van der Waals surface area contributed by atoms with Crippen molar-refractivity contribution in [1.29, 1.82) is 5.26 Å². The molecular formula is C12H7BrF2N2O2. The summed E-state index contributed by atoms with van der Waals surface area (Å²) in [5.41, 5.74) is -0.368. The normalized spacial score (nSPS) is 13.9. The van der Waals surface area contributed by atoms with E-state index in [0.717, 1.165) is 0 Å². The van der Waals surface area contributed by atoms with Gasteiger partial charge in [0.1, 0.15) is 5.69 Å². The number of benzene rings is 1. The van der Waals surface area contributed by atoms with Gasteiger partial charge >= 0.3 is 5.97 Å². The predicted molar refractivity (Wildman–Crippen MR) is 66.2 cm³/mol. The Labute approximate surface area is 115 Å². The van der Waals surface area contributed by atoms with E-state index < -0.39 is 23.4 Å². The van der Waals surface area contributed by atoms with E-state index in [1.165, 1.54) is 6.07 Å². The number of carbonyl (C=O) groups excluding carboxylic acids is 1. The first-order valence-corrected chi connectivity index (χ1v) is 6.01. The van der Waals surface area contributed by atoms with Crippen LogP contribution in [0, 0.1) is 17.1 Å². The predicted octanol–water partition coefficient (Wildman–Crippen LogP) is 3.38. The van der Waals surface area contributed by atoms with Gasteiger partial charge in [0.05, 0.1) is 16.1 Å². The van der Waals surface area contributed by atoms with Crippen LogP contribution in [0.4, 0.5) is 14.6 Å². The van der Waals surface area contributed by atoms with Crippen LogP contribution < -0.4 is 5.12 Å². The van der Waals surface area contributed by atoms with Gasteiger partial charge in [-0.25, -0.2) is 9.18 Å². The van der Waals surface area contributed by atoms with Crippen LogP contribution in [-0.2, 0) is 11.2 Å². The van der Waals surface area contributed by atoms with Crippen molar-refractivity contribution in [1.82, 2.24) is 0 Å². The largest absolute Gasteiger partial charge is 0.404 e. The number of nitrogens with zero attached hydrogens (tertiary/aromatic N) is 2. The molecule has 0 N–H and O–H groups in total. The molecule has 0 radical (unpaired) electrons. The van der Waals surface area contributed by atoms with Crippen molar-refractivity contribution < 1.29 is 18.4 Å². The molecule has 0 aliphatic carbocycles. The Morgan fingerprint density at radius 3 is 2.89 bits per heavy atom. The molecule has 0 amide bonds. The Balaban J connectivity index is 2.61. The highest BCUT2D eigenvalue weighted by molar-refractivity contribution is 9.10. The molecule has 1 heterocycles. The summed E-state index contributed by atoms with van der Waals surface area (Å²) in [4.78, 5) is 11.6. The molecule has 2 rings (SSSR count). The van der Waals surface area contributed by atoms with Crippen molar-refractivity contribution in [3.63, 3.8) is 0 Å². The SMILES string of the molecule is C=C1OC(=O)c2cc(CCC#N)c(Br)c(F)c2N1F. The lowest BCUT2D eigenvalue weighted by molar-refractivity contribution is 0.0570. The minimum absolute atomic E-state index is 0.0200. The monoisotopic (exact) mass is 328 g/mol. The highest BCUT2D eigenvalue weighted by atomic mass is 79.9. The zero-order valence-electron chi connectivity index (χ0n) is 9.54. The van der Waals surface area contributed by atoms with Crippen LogP contribution >= 0.6 is 15.9 Å². The third-order valence-corrected chi connectivity index (χ3v) is 3.47. The maximum Gasteiger partial charge on any atom is 0.347 e. The van der Waals surface area contributed by atoms with Crippen LogP contribution in [0.5, 0.6) is 0 Å². The average molecular weight is 329 g/mol. The van der Waals surface area contributed by atoms with Gasteiger partial charge in [0.25, 0.3) is 0 Å². The summed E-state index contributed by atoms with van der Waals surface area (Å²) in [6.45, 7) is 3.17. The number of hydrogen-bond acceptors (Lipinski definition) is 4. The summed E-state index contributed by atoms with van der Waals surface area (Å²) >= 11 is 3.00. The molecule has 0 unspecified atom stereocenters. The van der Waals surface area contributed by atoms with Gasteiger partial charge in [0, 0.05) is 6.42 Å². The maximum atomic E-state index is 14.1. The van der Waals surface area contributed by atoms with Crippen LogP contribution in [0.3, 0.4) is 0 Å². The molecule has 0 spiro atoms. The Hall–Kier alpha value is -1.94. The third-order valence-electron chi connectivity index (χ3n) is 2.61. The number of nitriles is 1. The van der Waals surface area contributed by atoms with E-state index in [0.29, 0.717) is 5.56 Å². The molecule has 7 heteroatoms. The van der Waals surface area contributed by atoms with Gasteiger partial charge in [0.2, 0.25) is 5.88 Å². The van der Waals surface area contributed by atoms with Crippen molar-refractivity contribution in [3.05, 3.63) is 39.9 Å². The fourth-order valence-electron chi connectivity index (χ4n) is 1.72. The lowest BCUT2D eigenvalue weighted by atomic mass is 10.0. The standard InChI is InChI=1S/C12H7BrF2N2O2/c1-6-17(15)11-8(12(18)19-6)5-7(3-2-4-16)9(13)10(11)14/h5H,1-3H2. The molecular weight excluding hydrogens is 322 g/mol. The average Bonchev–Trinajstić information content (AvgIpc) is 2.37. The molecule has 4 nitrogen and oxygen atoms in total. The molecule has 1 aromatic rings. The Morgan fingerprint density at radius 1 is 1.58 bits per heavy atom. The van der Waals surface area contributed by atoms with Crippen LogP contribution in [0.15, 0.2) is 23.0 Å². The molecule has 19 heavy (non-hydrogen) atoms. The molecule has 0 bridgehead atoms. The molecule has 0 atom stereocenters. The first-order chi connectivity index (χ1) is 8.97. The minimum Gasteiger partial charge on any atom is -0.404 e. The number of rotatable bonds is 2. The summed E-state index contributed by atoms with van der Waals surface area (Å²) < 4.78 is 32.4. The van der Waals surface area contributed by atoms with Crippen molar-refractivity contribution in [2.45, 2.75) is 12.8 Å². The first-order valence-electron chi connectivity index (χ1n) is 5.22. The number of carbonyl (C=O) groups is 1. The summed E-state index contributed by atoms with van der Waals surface area (Å²) in [6, 6.07) is 3.22. The lowest BCUT2D eigenvalue weighted by Crippen LogP contribution is -2.26. The van der Waals surface area contributed by atoms with Crippen LogP contribution in [0.2, 0.25) is 0 Å². The second-order valence-electron chi connectivity index (χ2n) is 3.78. The topological polar surface area (TPSA) is 53.3 Å². The van der Waals surface area contributed by atoms with Gasteiger partial charge in [0.15, 0.2) is 5.82 Å². The van der Waals surface area contributed by atoms with Crippen molar-refractivity contribution in [3.8, 4) is 6.07 Å². The van der Waals surface area contributed by atoms with Crippen LogP contribution in [0.1, 0.15) is 22.3 Å². The molecule has 98 valence electrons. The van der Waals surface area contributed by atoms with Gasteiger partial charge in [-0.15, -0.1) is 5.12 Å². The molecule has 1 aromatic carbocycles. The number of fused-ring (bicyclic) bond motifs is 1. The van der Waals surface area contributed by atoms with Crippen LogP contribution in [-0.4, -0.2) is 5.97 Å². The number of halogens is 3. The molecule has 1 aliphatic heterocycles. The third kappa shape index (κ3) is 2.19. The fourth-order valence-corrected chi connectivity index (χ4v) is 2.22. The number of ether oxygens (including phenoxy) is 1. The van der Waals surface area contributed by atoms with Crippen molar-refractivity contribution in [2.75, 3.05) is 5.12 Å². The van der Waals surface area contributed by atoms with Gasteiger partial charge in [-0.2, -0.15) is 5.26 Å². The highest BCUT2D eigenvalue weighted by Gasteiger charge is 2.33. The number of anilines is 1. The fraction of sp³-hybridized carbons (Fsp3) is 0.167. The number of cyclic esters (lactones) is 1. The molecule has 0 saturated carbocycles. The first kappa shape index (κ1) is 13.5. The van der Waals surface area contributed by atoms with Crippen LogP contribution in [0.25, 0.3) is 0 Å². The van der Waals surface area contributed by atoms with E-state index in [1.807, 2.05) is 6.07 Å². The van der Waals surface area contributed by atoms with Crippen molar-refractivity contribution in [2.24, 2.45) is 0 Å². The van der Waals surface area contributed by atoms with Gasteiger partial charge < -0.3 is 4.74 Å². The van der Waals surface area contributed by atoms with E-state index in [4.69, 9.17) is 5.26 Å². The minimum atomic E-state index is -0.925. The summed E-state index contributed by atoms with van der Waals surface area (Å²) in [6.07, 6.45) is 0.389. The number of aryl methyl sites for hydroxylation is 1. The van der Waals surface area contributed by atoms with E-state index >= 15 is 0 Å². The Bertz CT molecular complexity index is 625. The Morgan fingerprint density at radius 2 is 2.26 bits per heavy atom. The second kappa shape index (κ2) is 4.97. The molecule has 0 saturated heterocycles. The highest BCUT2D eigenvalue weighted by Crippen LogP contribution is 2.38. The van der Waals surface area contributed by atoms with Crippen molar-refractivity contribution >= 4 is 27.6 Å². The van der Waals surface area contributed by atoms with E-state index in [-0.39, 0.29) is 28.0 Å². The molecule has 1 aliphatic rings. The number of esters is 1. The van der Waals surface area contributed by atoms with E-state index in [1.54, 1.807) is 0 Å². The molecule has 0 fully saturated rings. The Kier molecular flexibility index (Phi) is 3.53. The molecule has 0 aromatic heterocycles. The summed E-state index contributed by atoms with van der Waals surface area (Å²) in [5, 5.41) is 8.40. The zero-order chi connectivity index (χ0) is 14.2. The van der Waals surface area contributed by atoms with E-state index in [2.05, 4.69) is 27.2 Å². The quantitative estimate of drug-likeness (QED) is 0.617. The zero-order valence-corrected chi connectivity index (χ0v) is 11.1. The maximum absolute atomic E-state index is 14.1. The second-order valence-corrected chi connectivity index (χ2v) is 4.58. The van der Waals surface area contributed by atoms with Gasteiger partial charge in [-0.05, 0) is 40.6 Å². The summed E-state index contributed by atoms with van der Waals surface area (Å²) in [5.74, 6) is -2.39. The smallest absolute Gasteiger partial charge is 0.347 e. The van der Waals surface area contributed by atoms with Gasteiger partial charge in [-0.1, -0.05) is 4.48 Å². The van der Waals surface area contributed by atoms with Gasteiger partial charge in [-0.3, -0.25) is 0 Å². The van der Waals surface area contributed by atoms with E-state index in [9.17, 15) is 13.7 Å². The lowest BCUT2D eigenvalue weighted by Gasteiger charge is -2.25. The summed E-state index contributed by atoms with van der Waals surface area (Å²) in [7, 11) is 0. The number of hydrogen-bond donors (Lipinski definition) is 0.